The molecule has 1 saturated heterocycles. The van der Waals surface area contributed by atoms with Crippen LogP contribution < -0.4 is 5.32 Å². The highest BCUT2D eigenvalue weighted by Crippen LogP contribution is 2.14. The van der Waals surface area contributed by atoms with Crippen molar-refractivity contribution in [3.63, 3.8) is 0 Å². The first-order valence-corrected chi connectivity index (χ1v) is 10.4. The molecule has 2 aliphatic rings. The van der Waals surface area contributed by atoms with Gasteiger partial charge in [-0.3, -0.25) is 9.89 Å². The van der Waals surface area contributed by atoms with Gasteiger partial charge in [0, 0.05) is 50.8 Å². The third-order valence-electron chi connectivity index (χ3n) is 5.08. The zero-order chi connectivity index (χ0) is 18.9. The van der Waals surface area contributed by atoms with Crippen LogP contribution in [0.5, 0.6) is 0 Å². The Labute approximate surface area is 168 Å². The lowest BCUT2D eigenvalue weighted by atomic mass is 10.1. The molecule has 148 valence electrons. The van der Waals surface area contributed by atoms with Gasteiger partial charge in [-0.05, 0) is 37.5 Å². The highest BCUT2D eigenvalue weighted by atomic mass is 35.5. The normalized spacial score (nSPS) is 19.1. The van der Waals surface area contributed by atoms with E-state index in [0.717, 1.165) is 82.9 Å². The van der Waals surface area contributed by atoms with Gasteiger partial charge in [0.05, 0.1) is 13.2 Å². The maximum Gasteiger partial charge on any atom is 0.194 e. The van der Waals surface area contributed by atoms with Crippen LogP contribution in [0.1, 0.15) is 25.3 Å². The first-order valence-electron chi connectivity index (χ1n) is 10.0. The number of hydrogen-bond donors (Lipinski definition) is 1. The predicted molar refractivity (Wildman–Crippen MR) is 112 cm³/mol. The summed E-state index contributed by atoms with van der Waals surface area (Å²) in [5, 5.41) is 4.26. The number of benzene rings is 1. The van der Waals surface area contributed by atoms with Crippen molar-refractivity contribution in [3.05, 3.63) is 46.5 Å². The second-order valence-electron chi connectivity index (χ2n) is 7.06. The molecule has 1 aromatic carbocycles. The van der Waals surface area contributed by atoms with E-state index in [9.17, 15) is 0 Å². The van der Waals surface area contributed by atoms with Crippen molar-refractivity contribution in [1.29, 1.82) is 0 Å². The summed E-state index contributed by atoms with van der Waals surface area (Å²) in [5.74, 6) is 1.05. The summed E-state index contributed by atoms with van der Waals surface area (Å²) in [5.41, 5.74) is 2.80. The molecule has 6 heteroatoms. The molecular formula is C21H31ClN4O. The van der Waals surface area contributed by atoms with Crippen LogP contribution in [0, 0.1) is 0 Å². The van der Waals surface area contributed by atoms with Crippen molar-refractivity contribution >= 4 is 17.6 Å². The van der Waals surface area contributed by atoms with Crippen molar-refractivity contribution < 1.29 is 4.74 Å². The van der Waals surface area contributed by atoms with Gasteiger partial charge < -0.3 is 15.0 Å². The van der Waals surface area contributed by atoms with Crippen LogP contribution in [0.25, 0.3) is 0 Å². The third-order valence-corrected chi connectivity index (χ3v) is 5.33. The summed E-state index contributed by atoms with van der Waals surface area (Å²) in [6.45, 7) is 10.6. The molecule has 0 unspecified atom stereocenters. The summed E-state index contributed by atoms with van der Waals surface area (Å²) in [6.07, 6.45) is 4.30. The van der Waals surface area contributed by atoms with Crippen molar-refractivity contribution in [2.75, 3.05) is 52.5 Å². The number of nitrogens with zero attached hydrogens (tertiary/aromatic N) is 3. The summed E-state index contributed by atoms with van der Waals surface area (Å²) in [4.78, 5) is 9.75. The largest absolute Gasteiger partial charge is 0.377 e. The van der Waals surface area contributed by atoms with E-state index in [4.69, 9.17) is 21.3 Å². The van der Waals surface area contributed by atoms with Gasteiger partial charge in [-0.1, -0.05) is 35.4 Å². The molecule has 0 aromatic heterocycles. The maximum absolute atomic E-state index is 5.98. The minimum atomic E-state index is 0.759. The Morgan fingerprint density at radius 3 is 2.63 bits per heavy atom. The highest BCUT2D eigenvalue weighted by Gasteiger charge is 2.19. The van der Waals surface area contributed by atoms with Crippen molar-refractivity contribution in [3.8, 4) is 0 Å². The monoisotopic (exact) mass is 390 g/mol. The number of rotatable bonds is 6. The van der Waals surface area contributed by atoms with Crippen LogP contribution in [0.15, 0.2) is 40.9 Å². The van der Waals surface area contributed by atoms with E-state index in [-0.39, 0.29) is 0 Å². The summed E-state index contributed by atoms with van der Waals surface area (Å²) in [6, 6.07) is 8.17. The van der Waals surface area contributed by atoms with Gasteiger partial charge in [0.2, 0.25) is 0 Å². The summed E-state index contributed by atoms with van der Waals surface area (Å²) in [7, 11) is 0. The van der Waals surface area contributed by atoms with Crippen LogP contribution in [0.4, 0.5) is 0 Å². The van der Waals surface area contributed by atoms with Gasteiger partial charge in [-0.2, -0.15) is 0 Å². The third kappa shape index (κ3) is 6.52. The zero-order valence-corrected chi connectivity index (χ0v) is 17.0. The standard InChI is InChI=1S/C21H31ClN4O/c1-2-23-21(24-10-7-18-8-15-27-16-9-18)26-13-11-25(12-14-26)17-19-3-5-20(22)6-4-19/h3-6,8H,2,7,9-17H2,1H3,(H,23,24). The number of nitrogens with one attached hydrogen (secondary N) is 1. The van der Waals surface area contributed by atoms with Gasteiger partial charge >= 0.3 is 0 Å². The molecule has 2 heterocycles. The predicted octanol–water partition coefficient (Wildman–Crippen LogP) is 3.16. The fourth-order valence-electron chi connectivity index (χ4n) is 3.49. The molecule has 0 spiro atoms. The Hall–Kier alpha value is -1.56. The lowest BCUT2D eigenvalue weighted by Gasteiger charge is -2.36. The van der Waals surface area contributed by atoms with Crippen LogP contribution >= 0.6 is 11.6 Å². The molecule has 27 heavy (non-hydrogen) atoms. The Bertz CT molecular complexity index is 636. The molecule has 0 amide bonds. The number of hydrogen-bond acceptors (Lipinski definition) is 3. The Balaban J connectivity index is 1.47. The van der Waals surface area contributed by atoms with Gasteiger partial charge in [-0.15, -0.1) is 0 Å². The lowest BCUT2D eigenvalue weighted by Crippen LogP contribution is -2.52. The molecule has 2 aliphatic heterocycles. The van der Waals surface area contributed by atoms with Crippen molar-refractivity contribution in [1.82, 2.24) is 15.1 Å². The summed E-state index contributed by atoms with van der Waals surface area (Å²) >= 11 is 5.98. The average Bonchev–Trinajstić information content (AvgIpc) is 2.71. The highest BCUT2D eigenvalue weighted by molar-refractivity contribution is 6.30. The fraction of sp³-hybridized carbons (Fsp3) is 0.571. The zero-order valence-electron chi connectivity index (χ0n) is 16.3. The molecule has 1 aromatic rings. The van der Waals surface area contributed by atoms with Crippen LogP contribution in [-0.4, -0.2) is 68.2 Å². The quantitative estimate of drug-likeness (QED) is 0.460. The number of piperazine rings is 1. The van der Waals surface area contributed by atoms with E-state index in [1.54, 1.807) is 0 Å². The van der Waals surface area contributed by atoms with E-state index in [1.807, 2.05) is 12.1 Å². The van der Waals surface area contributed by atoms with Gasteiger partial charge in [0.25, 0.3) is 0 Å². The van der Waals surface area contributed by atoms with E-state index >= 15 is 0 Å². The molecule has 1 N–H and O–H groups in total. The Morgan fingerprint density at radius 2 is 1.96 bits per heavy atom. The average molecular weight is 391 g/mol. The van der Waals surface area contributed by atoms with Gasteiger partial charge in [0.1, 0.15) is 0 Å². The maximum atomic E-state index is 5.98. The van der Waals surface area contributed by atoms with Crippen molar-refractivity contribution in [2.24, 2.45) is 4.99 Å². The van der Waals surface area contributed by atoms with E-state index in [2.05, 4.69) is 40.2 Å². The minimum Gasteiger partial charge on any atom is -0.377 e. The van der Waals surface area contributed by atoms with Crippen LogP contribution in [0.2, 0.25) is 5.02 Å². The molecule has 5 nitrogen and oxygen atoms in total. The molecule has 0 bridgehead atoms. The van der Waals surface area contributed by atoms with E-state index in [1.165, 1.54) is 11.1 Å². The van der Waals surface area contributed by atoms with E-state index in [0.29, 0.717) is 0 Å². The van der Waals surface area contributed by atoms with E-state index < -0.39 is 0 Å². The first-order chi connectivity index (χ1) is 13.2. The van der Waals surface area contributed by atoms with Crippen molar-refractivity contribution in [2.45, 2.75) is 26.3 Å². The molecule has 0 aliphatic carbocycles. The summed E-state index contributed by atoms with van der Waals surface area (Å²) < 4.78 is 5.38. The SMILES string of the molecule is CCNC(=NCCC1=CCOCC1)N1CCN(Cc2ccc(Cl)cc2)CC1. The Kier molecular flexibility index (Phi) is 7.99. The minimum absolute atomic E-state index is 0.759. The lowest BCUT2D eigenvalue weighted by molar-refractivity contribution is 0.153. The Morgan fingerprint density at radius 1 is 1.19 bits per heavy atom. The smallest absolute Gasteiger partial charge is 0.194 e. The molecule has 0 radical (unpaired) electrons. The molecule has 0 atom stereocenters. The second kappa shape index (κ2) is 10.7. The molecule has 3 rings (SSSR count). The molecule has 0 saturated carbocycles. The van der Waals surface area contributed by atoms with Crippen LogP contribution in [-0.2, 0) is 11.3 Å². The number of aliphatic imine (C=N–C) groups is 1. The van der Waals surface area contributed by atoms with Crippen LogP contribution in [0.3, 0.4) is 0 Å². The van der Waals surface area contributed by atoms with Gasteiger partial charge in [0.15, 0.2) is 5.96 Å². The van der Waals surface area contributed by atoms with Gasteiger partial charge in [-0.25, -0.2) is 0 Å². The molecular weight excluding hydrogens is 360 g/mol. The first kappa shape index (κ1) is 20.2. The second-order valence-corrected chi connectivity index (χ2v) is 7.50. The topological polar surface area (TPSA) is 40.1 Å². The fourth-order valence-corrected chi connectivity index (χ4v) is 3.62. The number of halogens is 1. The molecule has 1 fully saturated rings. The number of ether oxygens (including phenoxy) is 1. The number of guanidine groups is 1.